The quantitative estimate of drug-likeness (QED) is 0.517. The van der Waals surface area contributed by atoms with E-state index < -0.39 is 0 Å². The zero-order valence-corrected chi connectivity index (χ0v) is 13.0. The van der Waals surface area contributed by atoms with E-state index >= 15 is 0 Å². The molecule has 0 aliphatic carbocycles. The van der Waals surface area contributed by atoms with E-state index in [9.17, 15) is 4.79 Å². The summed E-state index contributed by atoms with van der Waals surface area (Å²) in [6.45, 7) is 5.08. The molecule has 0 aliphatic rings. The highest BCUT2D eigenvalue weighted by atomic mass is 32.1. The van der Waals surface area contributed by atoms with Gasteiger partial charge in [0.05, 0.1) is 0 Å². The number of benzene rings is 1. The van der Waals surface area contributed by atoms with Gasteiger partial charge in [-0.25, -0.2) is 0 Å². The number of carbonyl (C=O) groups excluding carboxylic acids is 1. The number of hydrogen-bond acceptors (Lipinski definition) is 2. The predicted octanol–water partition coefficient (Wildman–Crippen LogP) is 2.32. The van der Waals surface area contributed by atoms with Gasteiger partial charge in [-0.05, 0) is 36.7 Å². The van der Waals surface area contributed by atoms with Crippen molar-refractivity contribution in [2.75, 3.05) is 6.54 Å². The van der Waals surface area contributed by atoms with E-state index in [-0.39, 0.29) is 5.91 Å². The maximum atomic E-state index is 12.0. The number of hydrogen-bond donors (Lipinski definition) is 4. The second-order valence-corrected chi connectivity index (χ2v) is 5.70. The zero-order valence-electron chi connectivity index (χ0n) is 12.2. The molecule has 112 valence electrons. The first-order valence-electron chi connectivity index (χ1n) is 6.98. The Balaban J connectivity index is 1.82. The number of para-hydroxylation sites is 1. The molecule has 0 fully saturated rings. The Labute approximate surface area is 129 Å². The average molecular weight is 304 g/mol. The number of hydrazine groups is 1. The van der Waals surface area contributed by atoms with Gasteiger partial charge >= 0.3 is 0 Å². The molecular formula is C15H20N4OS. The molecule has 1 aromatic heterocycles. The number of fused-ring (bicyclic) bond motifs is 1. The van der Waals surface area contributed by atoms with E-state index in [1.807, 2.05) is 30.3 Å². The van der Waals surface area contributed by atoms with Crippen LogP contribution in [0.5, 0.6) is 0 Å². The van der Waals surface area contributed by atoms with Crippen LogP contribution in [0.25, 0.3) is 10.9 Å². The third-order valence-corrected chi connectivity index (χ3v) is 3.32. The third kappa shape index (κ3) is 4.46. The lowest BCUT2D eigenvalue weighted by atomic mass is 10.1. The molecule has 1 amide bonds. The minimum Gasteiger partial charge on any atom is -0.361 e. The van der Waals surface area contributed by atoms with Crippen molar-refractivity contribution in [3.05, 3.63) is 36.0 Å². The maximum Gasteiger partial charge on any atom is 0.286 e. The highest BCUT2D eigenvalue weighted by molar-refractivity contribution is 7.80. The molecule has 0 atom stereocenters. The minimum atomic E-state index is -0.251. The van der Waals surface area contributed by atoms with Gasteiger partial charge in [0.1, 0.15) is 5.69 Å². The van der Waals surface area contributed by atoms with Crippen LogP contribution >= 0.6 is 12.2 Å². The largest absolute Gasteiger partial charge is 0.361 e. The summed E-state index contributed by atoms with van der Waals surface area (Å²) in [5, 5.41) is 4.46. The van der Waals surface area contributed by atoms with Gasteiger partial charge in [0.2, 0.25) is 0 Å². The lowest BCUT2D eigenvalue weighted by Gasteiger charge is -2.11. The summed E-state index contributed by atoms with van der Waals surface area (Å²) in [5.41, 5.74) is 6.70. The lowest BCUT2D eigenvalue weighted by molar-refractivity contribution is 0.0939. The molecule has 0 aliphatic heterocycles. The molecule has 0 radical (unpaired) electrons. The second kappa shape index (κ2) is 7.08. The van der Waals surface area contributed by atoms with Gasteiger partial charge in [0.25, 0.3) is 5.91 Å². The molecule has 1 aromatic carbocycles. The first kappa shape index (κ1) is 15.3. The van der Waals surface area contributed by atoms with Gasteiger partial charge in [0.15, 0.2) is 5.11 Å². The number of amides is 1. The SMILES string of the molecule is CC(C)CCNC(=S)NNC(=O)c1cc2ccccc2[nH]1. The Bertz CT molecular complexity index is 602. The topological polar surface area (TPSA) is 68.9 Å². The van der Waals surface area contributed by atoms with Crippen molar-refractivity contribution in [2.45, 2.75) is 20.3 Å². The molecular weight excluding hydrogens is 284 g/mol. The highest BCUT2D eigenvalue weighted by Crippen LogP contribution is 2.14. The summed E-state index contributed by atoms with van der Waals surface area (Å²) in [5.74, 6) is 0.362. The van der Waals surface area contributed by atoms with E-state index in [0.717, 1.165) is 23.9 Å². The number of carbonyl (C=O) groups is 1. The number of rotatable bonds is 4. The van der Waals surface area contributed by atoms with Crippen molar-refractivity contribution >= 4 is 34.1 Å². The van der Waals surface area contributed by atoms with Crippen LogP contribution in [0.1, 0.15) is 30.8 Å². The molecule has 2 aromatic rings. The van der Waals surface area contributed by atoms with Crippen LogP contribution in [-0.4, -0.2) is 22.5 Å². The Hall–Kier alpha value is -2.08. The Morgan fingerprint density at radius 1 is 1.29 bits per heavy atom. The molecule has 2 rings (SSSR count). The normalized spacial score (nSPS) is 10.6. The van der Waals surface area contributed by atoms with Crippen molar-refractivity contribution in [3.8, 4) is 0 Å². The summed E-state index contributed by atoms with van der Waals surface area (Å²) in [6, 6.07) is 9.55. The molecule has 1 heterocycles. The molecule has 0 unspecified atom stereocenters. The van der Waals surface area contributed by atoms with Crippen molar-refractivity contribution in [2.24, 2.45) is 5.92 Å². The summed E-state index contributed by atoms with van der Waals surface area (Å²) < 4.78 is 0. The Kier molecular flexibility index (Phi) is 5.16. The number of H-pyrrole nitrogens is 1. The van der Waals surface area contributed by atoms with Gasteiger partial charge in [-0.2, -0.15) is 0 Å². The molecule has 21 heavy (non-hydrogen) atoms. The number of aromatic amines is 1. The van der Waals surface area contributed by atoms with Crippen LogP contribution in [0.2, 0.25) is 0 Å². The van der Waals surface area contributed by atoms with Crippen LogP contribution in [-0.2, 0) is 0 Å². The van der Waals surface area contributed by atoms with E-state index in [0.29, 0.717) is 16.7 Å². The summed E-state index contributed by atoms with van der Waals surface area (Å²) in [7, 11) is 0. The maximum absolute atomic E-state index is 12.0. The molecule has 0 bridgehead atoms. The Morgan fingerprint density at radius 2 is 2.05 bits per heavy atom. The number of aromatic nitrogens is 1. The van der Waals surface area contributed by atoms with Crippen LogP contribution in [0.15, 0.2) is 30.3 Å². The van der Waals surface area contributed by atoms with Crippen molar-refractivity contribution in [3.63, 3.8) is 0 Å². The summed E-state index contributed by atoms with van der Waals surface area (Å²) in [6.07, 6.45) is 1.03. The first-order chi connectivity index (χ1) is 10.1. The van der Waals surface area contributed by atoms with E-state index in [1.165, 1.54) is 0 Å². The fourth-order valence-electron chi connectivity index (χ4n) is 1.90. The molecule has 0 spiro atoms. The zero-order chi connectivity index (χ0) is 15.2. The van der Waals surface area contributed by atoms with Crippen molar-refractivity contribution < 1.29 is 4.79 Å². The molecule has 0 saturated carbocycles. The molecule has 0 saturated heterocycles. The van der Waals surface area contributed by atoms with Gasteiger partial charge < -0.3 is 10.3 Å². The monoisotopic (exact) mass is 304 g/mol. The fraction of sp³-hybridized carbons (Fsp3) is 0.333. The van der Waals surface area contributed by atoms with Crippen LogP contribution < -0.4 is 16.2 Å². The smallest absolute Gasteiger partial charge is 0.286 e. The molecule has 6 heteroatoms. The van der Waals surface area contributed by atoms with Gasteiger partial charge in [-0.1, -0.05) is 32.0 Å². The molecule has 5 nitrogen and oxygen atoms in total. The van der Waals surface area contributed by atoms with Crippen molar-refractivity contribution in [1.82, 2.24) is 21.2 Å². The van der Waals surface area contributed by atoms with Gasteiger partial charge in [-0.15, -0.1) is 0 Å². The first-order valence-corrected chi connectivity index (χ1v) is 7.39. The van der Waals surface area contributed by atoms with E-state index in [4.69, 9.17) is 12.2 Å². The van der Waals surface area contributed by atoms with Crippen molar-refractivity contribution in [1.29, 1.82) is 0 Å². The van der Waals surface area contributed by atoms with E-state index in [1.54, 1.807) is 0 Å². The van der Waals surface area contributed by atoms with E-state index in [2.05, 4.69) is 35.0 Å². The lowest BCUT2D eigenvalue weighted by Crippen LogP contribution is -2.47. The van der Waals surface area contributed by atoms with Crippen LogP contribution in [0.3, 0.4) is 0 Å². The molecule has 4 N–H and O–H groups in total. The summed E-state index contributed by atoms with van der Waals surface area (Å²) in [4.78, 5) is 15.1. The standard InChI is InChI=1S/C15H20N4OS/c1-10(2)7-8-16-15(21)19-18-14(20)13-9-11-5-3-4-6-12(11)17-13/h3-6,9-10,17H,7-8H2,1-2H3,(H,18,20)(H2,16,19,21). The van der Waals surface area contributed by atoms with Crippen LogP contribution in [0, 0.1) is 5.92 Å². The highest BCUT2D eigenvalue weighted by Gasteiger charge is 2.09. The number of nitrogens with one attached hydrogen (secondary N) is 4. The third-order valence-electron chi connectivity index (χ3n) is 3.07. The minimum absolute atomic E-state index is 0.251. The summed E-state index contributed by atoms with van der Waals surface area (Å²) >= 11 is 5.09. The van der Waals surface area contributed by atoms with Gasteiger partial charge in [0, 0.05) is 17.4 Å². The Morgan fingerprint density at radius 3 is 2.76 bits per heavy atom. The fourth-order valence-corrected chi connectivity index (χ4v) is 2.05. The van der Waals surface area contributed by atoms with Crippen LogP contribution in [0.4, 0.5) is 0 Å². The average Bonchev–Trinajstić information content (AvgIpc) is 2.88. The second-order valence-electron chi connectivity index (χ2n) is 5.29. The predicted molar refractivity (Wildman–Crippen MR) is 89.0 cm³/mol. The van der Waals surface area contributed by atoms with Gasteiger partial charge in [-0.3, -0.25) is 15.6 Å². The number of thiocarbonyl (C=S) groups is 1.